The van der Waals surface area contributed by atoms with Crippen LogP contribution in [0.2, 0.25) is 0 Å². The first-order chi connectivity index (χ1) is 6.92. The summed E-state index contributed by atoms with van der Waals surface area (Å²) >= 11 is 0. The van der Waals surface area contributed by atoms with Crippen LogP contribution in [0.15, 0.2) is 0 Å². The average Bonchev–Trinajstić information content (AvgIpc) is 2.48. The highest BCUT2D eigenvalue weighted by Crippen LogP contribution is 2.25. The number of aliphatic hydroxyl groups is 1. The van der Waals surface area contributed by atoms with E-state index in [-0.39, 0.29) is 17.6 Å². The molecule has 1 unspecified atom stereocenters. The van der Waals surface area contributed by atoms with E-state index in [1.165, 1.54) is 0 Å². The summed E-state index contributed by atoms with van der Waals surface area (Å²) in [6.07, 6.45) is 1.90. The highest BCUT2D eigenvalue weighted by Gasteiger charge is 2.29. The van der Waals surface area contributed by atoms with Crippen molar-refractivity contribution in [3.63, 3.8) is 0 Å². The van der Waals surface area contributed by atoms with Gasteiger partial charge in [0.1, 0.15) is 0 Å². The van der Waals surface area contributed by atoms with Gasteiger partial charge in [-0.3, -0.25) is 5.32 Å². The van der Waals surface area contributed by atoms with Crippen LogP contribution in [0, 0.1) is 17.2 Å². The molecular formula is C11H20N2O2. The van der Waals surface area contributed by atoms with E-state index in [9.17, 15) is 5.11 Å². The van der Waals surface area contributed by atoms with Crippen molar-refractivity contribution in [3.05, 3.63) is 0 Å². The highest BCUT2D eigenvalue weighted by atomic mass is 16.6. The number of ether oxygens (including phenoxy) is 1. The van der Waals surface area contributed by atoms with Crippen LogP contribution in [0.25, 0.3) is 0 Å². The second-order valence-corrected chi connectivity index (χ2v) is 5.02. The Bertz CT molecular complexity index is 242. The molecule has 1 aliphatic carbocycles. The van der Waals surface area contributed by atoms with Crippen molar-refractivity contribution in [2.45, 2.75) is 58.1 Å². The molecule has 0 aliphatic heterocycles. The van der Waals surface area contributed by atoms with E-state index in [0.29, 0.717) is 0 Å². The highest BCUT2D eigenvalue weighted by molar-refractivity contribution is 4.96. The van der Waals surface area contributed by atoms with Crippen LogP contribution in [0.5, 0.6) is 0 Å². The predicted octanol–water partition coefficient (Wildman–Crippen LogP) is 1.36. The summed E-state index contributed by atoms with van der Waals surface area (Å²) in [4.78, 5) is 0. The van der Waals surface area contributed by atoms with E-state index in [0.717, 1.165) is 19.3 Å². The van der Waals surface area contributed by atoms with Gasteiger partial charge in [0.25, 0.3) is 0 Å². The van der Waals surface area contributed by atoms with Gasteiger partial charge in [0.15, 0.2) is 0 Å². The maximum absolute atomic E-state index is 9.62. The van der Waals surface area contributed by atoms with Gasteiger partial charge in [-0.05, 0) is 33.6 Å². The minimum Gasteiger partial charge on any atom is -0.356 e. The largest absolute Gasteiger partial charge is 0.356 e. The molecule has 4 nitrogen and oxygen atoms in total. The molecule has 1 saturated carbocycles. The van der Waals surface area contributed by atoms with Crippen molar-refractivity contribution in [3.8, 4) is 6.07 Å². The van der Waals surface area contributed by atoms with E-state index < -0.39 is 6.41 Å². The SMILES string of the molecule is CC(C)(C)OC(O)N[C@H]1CCC[C@H]1C#N. The number of rotatable bonds is 3. The molecular weight excluding hydrogens is 192 g/mol. The molecule has 1 rings (SSSR count). The van der Waals surface area contributed by atoms with Gasteiger partial charge in [-0.25, -0.2) is 0 Å². The molecule has 2 N–H and O–H groups in total. The lowest BCUT2D eigenvalue weighted by atomic mass is 10.1. The summed E-state index contributed by atoms with van der Waals surface area (Å²) in [5, 5.41) is 21.4. The lowest BCUT2D eigenvalue weighted by Crippen LogP contribution is -2.44. The average molecular weight is 212 g/mol. The van der Waals surface area contributed by atoms with Gasteiger partial charge >= 0.3 is 0 Å². The molecule has 86 valence electrons. The summed E-state index contributed by atoms with van der Waals surface area (Å²) in [6.45, 7) is 5.65. The molecule has 0 aromatic rings. The minimum absolute atomic E-state index is 0.00298. The monoisotopic (exact) mass is 212 g/mol. The topological polar surface area (TPSA) is 65.3 Å². The van der Waals surface area contributed by atoms with Crippen molar-refractivity contribution >= 4 is 0 Å². The summed E-state index contributed by atoms with van der Waals surface area (Å²) in [7, 11) is 0. The lowest BCUT2D eigenvalue weighted by molar-refractivity contribution is -0.186. The van der Waals surface area contributed by atoms with Crippen molar-refractivity contribution in [2.24, 2.45) is 5.92 Å². The standard InChI is InChI=1S/C11H20N2O2/c1-11(2,3)15-10(14)13-9-6-4-5-8(9)7-12/h8-10,13-14H,4-6H2,1-3H3/t8-,9-,10?/m0/s1. The molecule has 1 fully saturated rings. The third-order valence-electron chi connectivity index (χ3n) is 2.50. The Morgan fingerprint density at radius 3 is 2.67 bits per heavy atom. The molecule has 0 spiro atoms. The van der Waals surface area contributed by atoms with Crippen LogP contribution < -0.4 is 5.32 Å². The fourth-order valence-electron chi connectivity index (χ4n) is 1.87. The van der Waals surface area contributed by atoms with Gasteiger partial charge < -0.3 is 9.84 Å². The van der Waals surface area contributed by atoms with Crippen molar-refractivity contribution in [1.82, 2.24) is 5.32 Å². The maximum atomic E-state index is 9.62. The van der Waals surface area contributed by atoms with E-state index in [1.54, 1.807) is 0 Å². The van der Waals surface area contributed by atoms with Crippen LogP contribution >= 0.6 is 0 Å². The number of hydrogen-bond donors (Lipinski definition) is 2. The first-order valence-corrected chi connectivity index (χ1v) is 5.44. The Morgan fingerprint density at radius 2 is 2.13 bits per heavy atom. The molecule has 0 bridgehead atoms. The number of nitrogens with one attached hydrogen (secondary N) is 1. The van der Waals surface area contributed by atoms with Gasteiger partial charge in [-0.15, -0.1) is 0 Å². The van der Waals surface area contributed by atoms with Gasteiger partial charge in [0, 0.05) is 6.04 Å². The molecule has 0 amide bonds. The molecule has 0 saturated heterocycles. The second-order valence-electron chi connectivity index (χ2n) is 5.02. The first-order valence-electron chi connectivity index (χ1n) is 5.44. The van der Waals surface area contributed by atoms with Gasteiger partial charge in [0.05, 0.1) is 17.6 Å². The molecule has 1 aliphatic rings. The van der Waals surface area contributed by atoms with E-state index in [4.69, 9.17) is 10.00 Å². The summed E-state index contributed by atoms with van der Waals surface area (Å²) in [6, 6.07) is 2.32. The van der Waals surface area contributed by atoms with Crippen LogP contribution in [-0.2, 0) is 4.74 Å². The molecule has 0 aromatic heterocycles. The lowest BCUT2D eigenvalue weighted by Gasteiger charge is -2.27. The van der Waals surface area contributed by atoms with Gasteiger partial charge in [-0.2, -0.15) is 5.26 Å². The Balaban J connectivity index is 2.38. The predicted molar refractivity (Wildman–Crippen MR) is 56.7 cm³/mol. The van der Waals surface area contributed by atoms with Gasteiger partial charge in [0.2, 0.25) is 6.41 Å². The third-order valence-corrected chi connectivity index (χ3v) is 2.50. The van der Waals surface area contributed by atoms with Gasteiger partial charge in [-0.1, -0.05) is 6.42 Å². The zero-order chi connectivity index (χ0) is 11.5. The Labute approximate surface area is 91.2 Å². The molecule has 0 radical (unpaired) electrons. The Kier molecular flexibility index (Phi) is 4.09. The number of nitrogens with zero attached hydrogens (tertiary/aromatic N) is 1. The van der Waals surface area contributed by atoms with E-state index >= 15 is 0 Å². The fraction of sp³-hybridized carbons (Fsp3) is 0.909. The normalized spacial score (nSPS) is 28.7. The number of hydrogen-bond acceptors (Lipinski definition) is 4. The summed E-state index contributed by atoms with van der Waals surface area (Å²) in [5.41, 5.74) is -0.382. The van der Waals surface area contributed by atoms with E-state index in [1.807, 2.05) is 20.8 Å². The minimum atomic E-state index is -0.982. The number of aliphatic hydroxyl groups excluding tert-OH is 1. The first kappa shape index (κ1) is 12.4. The molecule has 15 heavy (non-hydrogen) atoms. The van der Waals surface area contributed by atoms with Crippen molar-refractivity contribution in [1.29, 1.82) is 5.26 Å². The Hall–Kier alpha value is -0.630. The molecule has 3 atom stereocenters. The zero-order valence-corrected chi connectivity index (χ0v) is 9.66. The van der Waals surface area contributed by atoms with E-state index in [2.05, 4.69) is 11.4 Å². The third kappa shape index (κ3) is 4.17. The quantitative estimate of drug-likeness (QED) is 0.693. The van der Waals surface area contributed by atoms with Crippen LogP contribution in [-0.4, -0.2) is 23.2 Å². The summed E-state index contributed by atoms with van der Waals surface area (Å²) in [5.74, 6) is 0.00298. The molecule has 0 heterocycles. The summed E-state index contributed by atoms with van der Waals surface area (Å²) < 4.78 is 5.33. The van der Waals surface area contributed by atoms with Crippen molar-refractivity contribution in [2.75, 3.05) is 0 Å². The maximum Gasteiger partial charge on any atom is 0.214 e. The Morgan fingerprint density at radius 1 is 1.47 bits per heavy atom. The zero-order valence-electron chi connectivity index (χ0n) is 9.66. The molecule has 4 heteroatoms. The fourth-order valence-corrected chi connectivity index (χ4v) is 1.87. The second kappa shape index (κ2) is 4.93. The number of nitriles is 1. The molecule has 0 aromatic carbocycles. The van der Waals surface area contributed by atoms with Crippen LogP contribution in [0.4, 0.5) is 0 Å². The van der Waals surface area contributed by atoms with Crippen LogP contribution in [0.1, 0.15) is 40.0 Å². The van der Waals surface area contributed by atoms with Crippen LogP contribution in [0.3, 0.4) is 0 Å². The van der Waals surface area contributed by atoms with Crippen molar-refractivity contribution < 1.29 is 9.84 Å². The smallest absolute Gasteiger partial charge is 0.214 e.